The van der Waals surface area contributed by atoms with Crippen LogP contribution in [0.15, 0.2) is 52.8 Å². The van der Waals surface area contributed by atoms with Crippen molar-refractivity contribution in [3.8, 4) is 0 Å². The summed E-state index contributed by atoms with van der Waals surface area (Å²) in [6.07, 6.45) is 1.63. The molecule has 0 bridgehead atoms. The first kappa shape index (κ1) is 17.8. The molecule has 0 unspecified atom stereocenters. The van der Waals surface area contributed by atoms with Gasteiger partial charge in [-0.15, -0.1) is 11.3 Å². The number of esters is 1. The van der Waals surface area contributed by atoms with Crippen LogP contribution in [0.1, 0.15) is 30.6 Å². The molecule has 2 heterocycles. The van der Waals surface area contributed by atoms with Crippen LogP contribution in [-0.2, 0) is 20.9 Å². The highest BCUT2D eigenvalue weighted by atomic mass is 32.1. The van der Waals surface area contributed by atoms with Crippen molar-refractivity contribution >= 4 is 28.2 Å². The van der Waals surface area contributed by atoms with Crippen molar-refractivity contribution in [2.45, 2.75) is 26.0 Å². The number of ether oxygens (including phenoxy) is 1. The molecule has 1 atom stereocenters. The summed E-state index contributed by atoms with van der Waals surface area (Å²) in [5, 5.41) is 4.51. The molecule has 2 aromatic heterocycles. The van der Waals surface area contributed by atoms with Crippen molar-refractivity contribution in [3.63, 3.8) is 0 Å². The number of hydrogen-bond acceptors (Lipinski definition) is 6. The number of fused-ring (bicyclic) bond motifs is 1. The minimum atomic E-state index is -0.485. The zero-order valence-electron chi connectivity index (χ0n) is 14.0. The summed E-state index contributed by atoms with van der Waals surface area (Å²) in [7, 11) is 0. The van der Waals surface area contributed by atoms with E-state index in [1.165, 1.54) is 28.7 Å². The second-order valence-electron chi connectivity index (χ2n) is 5.67. The van der Waals surface area contributed by atoms with Crippen molar-refractivity contribution in [1.29, 1.82) is 0 Å². The summed E-state index contributed by atoms with van der Waals surface area (Å²) in [5.41, 5.74) is 0.986. The monoisotopic (exact) mass is 371 g/mol. The molecule has 0 saturated carbocycles. The van der Waals surface area contributed by atoms with Gasteiger partial charge >= 0.3 is 5.97 Å². The fraction of sp³-hybridized carbons (Fsp3) is 0.222. The van der Waals surface area contributed by atoms with Crippen LogP contribution >= 0.6 is 11.3 Å². The number of carbonyl (C=O) groups excluding carboxylic acids is 2. The third-order valence-electron chi connectivity index (χ3n) is 3.69. The summed E-state index contributed by atoms with van der Waals surface area (Å²) in [4.78, 5) is 40.4. The van der Waals surface area contributed by atoms with E-state index in [9.17, 15) is 14.4 Å². The van der Waals surface area contributed by atoms with E-state index < -0.39 is 12.0 Å². The Kier molecular flexibility index (Phi) is 5.43. The lowest BCUT2D eigenvalue weighted by Gasteiger charge is -2.17. The number of benzene rings is 1. The molecule has 1 amide bonds. The topological polar surface area (TPSA) is 89.8 Å². The van der Waals surface area contributed by atoms with Gasteiger partial charge in [0.05, 0.1) is 18.2 Å². The predicted octanol–water partition coefficient (Wildman–Crippen LogP) is 2.07. The van der Waals surface area contributed by atoms with Crippen molar-refractivity contribution < 1.29 is 14.3 Å². The Labute approximate surface area is 153 Å². The highest BCUT2D eigenvalue weighted by Gasteiger charge is 2.18. The largest absolute Gasteiger partial charge is 0.459 e. The molecule has 0 aliphatic rings. The molecule has 0 saturated heterocycles. The Hall–Kier alpha value is -3.00. The van der Waals surface area contributed by atoms with Gasteiger partial charge < -0.3 is 10.1 Å². The van der Waals surface area contributed by atoms with E-state index in [-0.39, 0.29) is 24.5 Å². The Bertz CT molecular complexity index is 981. The average Bonchev–Trinajstić information content (AvgIpc) is 3.09. The van der Waals surface area contributed by atoms with Gasteiger partial charge in [0.1, 0.15) is 6.61 Å². The Balaban J connectivity index is 1.66. The molecule has 3 rings (SSSR count). The molecule has 0 fully saturated rings. The zero-order valence-corrected chi connectivity index (χ0v) is 14.9. The second kappa shape index (κ2) is 7.92. The number of aromatic nitrogens is 2. The fourth-order valence-electron chi connectivity index (χ4n) is 2.52. The van der Waals surface area contributed by atoms with Crippen LogP contribution in [0.5, 0.6) is 0 Å². The Morgan fingerprint density at radius 1 is 1.31 bits per heavy atom. The van der Waals surface area contributed by atoms with Gasteiger partial charge in [0.25, 0.3) is 5.56 Å². The maximum absolute atomic E-state index is 12.2. The van der Waals surface area contributed by atoms with Crippen molar-refractivity contribution in [3.05, 3.63) is 69.6 Å². The number of carbonyl (C=O) groups is 2. The fourth-order valence-corrected chi connectivity index (χ4v) is 3.26. The second-order valence-corrected chi connectivity index (χ2v) is 6.54. The average molecular weight is 371 g/mol. The number of thiazole rings is 1. The van der Waals surface area contributed by atoms with Gasteiger partial charge in [-0.3, -0.25) is 18.8 Å². The highest BCUT2D eigenvalue weighted by molar-refractivity contribution is 7.15. The van der Waals surface area contributed by atoms with Crippen LogP contribution in [0.2, 0.25) is 0 Å². The molecule has 1 aromatic carbocycles. The lowest BCUT2D eigenvalue weighted by atomic mass is 10.0. The highest BCUT2D eigenvalue weighted by Crippen LogP contribution is 2.17. The number of amides is 1. The summed E-state index contributed by atoms with van der Waals surface area (Å²) in [6, 6.07) is 10.1. The lowest BCUT2D eigenvalue weighted by molar-refractivity contribution is -0.145. The molecule has 7 nitrogen and oxygen atoms in total. The third-order valence-corrected chi connectivity index (χ3v) is 4.44. The molecular weight excluding hydrogens is 354 g/mol. The summed E-state index contributed by atoms with van der Waals surface area (Å²) >= 11 is 1.33. The van der Waals surface area contributed by atoms with Gasteiger partial charge in [-0.2, -0.15) is 0 Å². The first-order valence-electron chi connectivity index (χ1n) is 7.96. The lowest BCUT2D eigenvalue weighted by Crippen LogP contribution is -2.28. The molecule has 134 valence electrons. The SMILES string of the molecule is CC(=O)N[C@H](CC(=O)OCc1cc(=O)n2ccsc2n1)c1ccccc1. The molecule has 26 heavy (non-hydrogen) atoms. The summed E-state index contributed by atoms with van der Waals surface area (Å²) in [6.45, 7) is 1.30. The molecule has 0 aliphatic carbocycles. The number of nitrogens with one attached hydrogen (secondary N) is 1. The normalized spacial score (nSPS) is 11.9. The third kappa shape index (κ3) is 4.34. The van der Waals surface area contributed by atoms with E-state index in [2.05, 4.69) is 10.3 Å². The van der Waals surface area contributed by atoms with Crippen molar-refractivity contribution in [1.82, 2.24) is 14.7 Å². The molecule has 1 N–H and O–H groups in total. The molecule has 8 heteroatoms. The number of hydrogen-bond donors (Lipinski definition) is 1. The molecule has 3 aromatic rings. The van der Waals surface area contributed by atoms with Crippen molar-refractivity contribution in [2.75, 3.05) is 0 Å². The van der Waals surface area contributed by atoms with Gasteiger partial charge in [0, 0.05) is 24.6 Å². The molecule has 0 spiro atoms. The van der Waals surface area contributed by atoms with Crippen LogP contribution < -0.4 is 10.9 Å². The quantitative estimate of drug-likeness (QED) is 0.670. The predicted molar refractivity (Wildman–Crippen MR) is 96.8 cm³/mol. The van der Waals surface area contributed by atoms with E-state index >= 15 is 0 Å². The van der Waals surface area contributed by atoms with Crippen molar-refractivity contribution in [2.24, 2.45) is 0 Å². The molecular formula is C18H17N3O4S. The Morgan fingerprint density at radius 2 is 2.08 bits per heavy atom. The van der Waals surface area contributed by atoms with E-state index in [0.29, 0.717) is 10.7 Å². The van der Waals surface area contributed by atoms with Gasteiger partial charge in [-0.25, -0.2) is 4.98 Å². The minimum Gasteiger partial charge on any atom is -0.459 e. The van der Waals surface area contributed by atoms with E-state index in [0.717, 1.165) is 5.56 Å². The van der Waals surface area contributed by atoms with Crippen LogP contribution in [0.3, 0.4) is 0 Å². The minimum absolute atomic E-state index is 0.0101. The van der Waals surface area contributed by atoms with Gasteiger partial charge in [-0.05, 0) is 5.56 Å². The van der Waals surface area contributed by atoms with E-state index in [1.807, 2.05) is 30.3 Å². The van der Waals surface area contributed by atoms with Gasteiger partial charge in [-0.1, -0.05) is 30.3 Å². The maximum Gasteiger partial charge on any atom is 0.308 e. The summed E-state index contributed by atoms with van der Waals surface area (Å²) < 4.78 is 6.67. The first-order chi connectivity index (χ1) is 12.5. The van der Waals surface area contributed by atoms with E-state index in [4.69, 9.17) is 4.74 Å². The Morgan fingerprint density at radius 3 is 2.81 bits per heavy atom. The van der Waals surface area contributed by atoms with Crippen LogP contribution in [-0.4, -0.2) is 21.3 Å². The van der Waals surface area contributed by atoms with Crippen LogP contribution in [0.25, 0.3) is 4.96 Å². The number of nitrogens with zero attached hydrogens (tertiary/aromatic N) is 2. The first-order valence-corrected chi connectivity index (χ1v) is 8.84. The summed E-state index contributed by atoms with van der Waals surface area (Å²) in [5.74, 6) is -0.717. The zero-order chi connectivity index (χ0) is 18.5. The maximum atomic E-state index is 12.2. The van der Waals surface area contributed by atoms with Gasteiger partial charge in [0.2, 0.25) is 5.91 Å². The van der Waals surface area contributed by atoms with Gasteiger partial charge in [0.15, 0.2) is 4.96 Å². The molecule has 0 radical (unpaired) electrons. The standard InChI is InChI=1S/C18H17N3O4S/c1-12(22)19-15(13-5-3-2-4-6-13)10-17(24)25-11-14-9-16(23)21-7-8-26-18(21)20-14/h2-9,15H,10-11H2,1H3,(H,19,22)/t15-/m1/s1. The van der Waals surface area contributed by atoms with E-state index in [1.54, 1.807) is 11.6 Å². The number of rotatable bonds is 6. The van der Waals surface area contributed by atoms with Crippen LogP contribution in [0.4, 0.5) is 0 Å². The smallest absolute Gasteiger partial charge is 0.308 e. The molecule has 0 aliphatic heterocycles. The van der Waals surface area contributed by atoms with Crippen LogP contribution in [0, 0.1) is 0 Å².